The lowest BCUT2D eigenvalue weighted by molar-refractivity contribution is 0.268. The van der Waals surface area contributed by atoms with Gasteiger partial charge in [0, 0.05) is 5.75 Å². The van der Waals surface area contributed by atoms with E-state index in [-0.39, 0.29) is 12.4 Å². The van der Waals surface area contributed by atoms with Gasteiger partial charge in [0.2, 0.25) is 0 Å². The Hall–Kier alpha value is -0.750. The fraction of sp³-hybridized carbons (Fsp3) is 0.333. The Bertz CT molecular complexity index is 312. The van der Waals surface area contributed by atoms with E-state index in [0.717, 1.165) is 5.56 Å². The molecule has 14 heavy (non-hydrogen) atoms. The molecule has 2 atom stereocenters. The van der Waals surface area contributed by atoms with Crippen molar-refractivity contribution in [3.8, 4) is 0 Å². The molecule has 78 valence electrons. The number of hydrogen-bond donors (Lipinski definition) is 2. The number of aliphatic hydroxyl groups is 1. The van der Waals surface area contributed by atoms with E-state index < -0.39 is 17.1 Å². The predicted octanol–water partition coefficient (Wildman–Crippen LogP) is 0.0578. The molecule has 0 amide bonds. The molecule has 0 aliphatic rings. The Morgan fingerprint density at radius 3 is 2.43 bits per heavy atom. The third-order valence-corrected chi connectivity index (χ3v) is 2.46. The zero-order valence-electron chi connectivity index (χ0n) is 7.55. The normalized spacial score (nSPS) is 15.1. The van der Waals surface area contributed by atoms with Gasteiger partial charge in [0.05, 0.1) is 12.6 Å². The van der Waals surface area contributed by atoms with Crippen molar-refractivity contribution in [2.24, 2.45) is 5.73 Å². The van der Waals surface area contributed by atoms with Crippen LogP contribution in [0.1, 0.15) is 17.2 Å². The molecule has 0 heterocycles. The molecule has 0 radical (unpaired) electrons. The van der Waals surface area contributed by atoms with Crippen LogP contribution in [0.5, 0.6) is 0 Å². The maximum Gasteiger partial charge on any atom is 0.0624 e. The van der Waals surface area contributed by atoms with Crippen LogP contribution in [0.2, 0.25) is 0 Å². The Kier molecular flexibility index (Phi) is 4.21. The summed E-state index contributed by atoms with van der Waals surface area (Å²) in [5.74, 6) is 0.00857. The van der Waals surface area contributed by atoms with Gasteiger partial charge in [-0.1, -0.05) is 35.3 Å². The highest BCUT2D eigenvalue weighted by Crippen LogP contribution is 2.11. The molecule has 0 aliphatic carbocycles. The topological polar surface area (TPSA) is 86.4 Å². The van der Waals surface area contributed by atoms with Crippen molar-refractivity contribution in [3.63, 3.8) is 0 Å². The molecule has 4 nitrogen and oxygen atoms in total. The van der Waals surface area contributed by atoms with Gasteiger partial charge < -0.3 is 15.4 Å². The fourth-order valence-electron chi connectivity index (χ4n) is 1.10. The molecule has 0 aromatic heterocycles. The first kappa shape index (κ1) is 11.3. The molecule has 1 aromatic carbocycles. The van der Waals surface area contributed by atoms with Crippen molar-refractivity contribution < 1.29 is 13.9 Å². The smallest absolute Gasteiger partial charge is 0.0624 e. The summed E-state index contributed by atoms with van der Waals surface area (Å²) in [5, 5.41) is 8.78. The number of benzene rings is 1. The van der Waals surface area contributed by atoms with Crippen LogP contribution in [0.25, 0.3) is 0 Å². The van der Waals surface area contributed by atoms with Crippen LogP contribution in [0.15, 0.2) is 24.3 Å². The van der Waals surface area contributed by atoms with Crippen LogP contribution in [0.3, 0.4) is 0 Å². The third-order valence-electron chi connectivity index (χ3n) is 1.89. The van der Waals surface area contributed by atoms with Crippen molar-refractivity contribution in [1.29, 1.82) is 0 Å². The molecular formula is C9H12NO3S-. The highest BCUT2D eigenvalue weighted by Gasteiger charge is 2.03. The highest BCUT2D eigenvalue weighted by molar-refractivity contribution is 7.78. The van der Waals surface area contributed by atoms with Gasteiger partial charge in [-0.15, -0.1) is 0 Å². The summed E-state index contributed by atoms with van der Waals surface area (Å²) in [6.07, 6.45) is 0. The molecule has 0 bridgehead atoms. The van der Waals surface area contributed by atoms with Crippen molar-refractivity contribution in [2.45, 2.75) is 11.8 Å². The molecule has 5 heteroatoms. The van der Waals surface area contributed by atoms with Gasteiger partial charge in [0.15, 0.2) is 0 Å². The summed E-state index contributed by atoms with van der Waals surface area (Å²) in [6.45, 7) is -0.118. The largest absolute Gasteiger partial charge is 0.772 e. The predicted molar refractivity (Wildman–Crippen MR) is 53.1 cm³/mol. The van der Waals surface area contributed by atoms with Crippen molar-refractivity contribution in [2.75, 3.05) is 6.61 Å². The van der Waals surface area contributed by atoms with E-state index >= 15 is 0 Å². The third kappa shape index (κ3) is 3.19. The van der Waals surface area contributed by atoms with Gasteiger partial charge in [-0.2, -0.15) is 0 Å². The SMILES string of the molecule is N[C@@H](CO)c1ccc(CS(=O)[O-])cc1. The summed E-state index contributed by atoms with van der Waals surface area (Å²) < 4.78 is 20.8. The quantitative estimate of drug-likeness (QED) is 0.694. The van der Waals surface area contributed by atoms with E-state index in [0.29, 0.717) is 5.56 Å². The minimum absolute atomic E-state index is 0.00857. The molecule has 0 saturated heterocycles. The van der Waals surface area contributed by atoms with Gasteiger partial charge >= 0.3 is 0 Å². The van der Waals surface area contributed by atoms with Gasteiger partial charge in [0.1, 0.15) is 0 Å². The van der Waals surface area contributed by atoms with E-state index in [1.807, 2.05) is 0 Å². The van der Waals surface area contributed by atoms with Crippen LogP contribution in [0, 0.1) is 0 Å². The molecule has 1 aromatic rings. The standard InChI is InChI=1S/C9H13NO3S/c10-9(5-11)8-3-1-7(2-4-8)6-14(12)13/h1-4,9,11H,5-6,10H2,(H,12,13)/p-1/t9-/m0/s1. The average molecular weight is 214 g/mol. The van der Waals surface area contributed by atoms with E-state index in [4.69, 9.17) is 10.8 Å². The number of rotatable bonds is 4. The summed E-state index contributed by atoms with van der Waals surface area (Å²) in [4.78, 5) is 0. The average Bonchev–Trinajstić information content (AvgIpc) is 2.17. The van der Waals surface area contributed by atoms with E-state index in [1.165, 1.54) is 0 Å². The zero-order chi connectivity index (χ0) is 10.6. The lowest BCUT2D eigenvalue weighted by Gasteiger charge is -2.10. The Labute approximate surface area is 85.0 Å². The number of hydrogen-bond acceptors (Lipinski definition) is 4. The van der Waals surface area contributed by atoms with Crippen molar-refractivity contribution in [3.05, 3.63) is 35.4 Å². The number of aliphatic hydroxyl groups excluding tert-OH is 1. The molecular weight excluding hydrogens is 202 g/mol. The minimum atomic E-state index is -2.07. The van der Waals surface area contributed by atoms with Crippen molar-refractivity contribution in [1.82, 2.24) is 0 Å². The summed E-state index contributed by atoms with van der Waals surface area (Å²) in [7, 11) is 0. The van der Waals surface area contributed by atoms with Gasteiger partial charge in [-0.25, -0.2) is 0 Å². The molecule has 0 saturated carbocycles. The van der Waals surface area contributed by atoms with Crippen LogP contribution < -0.4 is 5.73 Å². The Morgan fingerprint density at radius 1 is 1.43 bits per heavy atom. The second-order valence-electron chi connectivity index (χ2n) is 2.98. The summed E-state index contributed by atoms with van der Waals surface area (Å²) in [6, 6.07) is 6.44. The van der Waals surface area contributed by atoms with Gasteiger partial charge in [0.25, 0.3) is 0 Å². The maximum absolute atomic E-state index is 10.4. The van der Waals surface area contributed by atoms with Crippen molar-refractivity contribution >= 4 is 11.1 Å². The summed E-state index contributed by atoms with van der Waals surface area (Å²) >= 11 is -2.07. The molecule has 3 N–H and O–H groups in total. The molecule has 1 rings (SSSR count). The van der Waals surface area contributed by atoms with Crippen LogP contribution >= 0.6 is 0 Å². The van der Waals surface area contributed by atoms with E-state index in [9.17, 15) is 8.76 Å². The first-order valence-electron chi connectivity index (χ1n) is 4.14. The highest BCUT2D eigenvalue weighted by atomic mass is 32.2. The van der Waals surface area contributed by atoms with Crippen LogP contribution in [-0.4, -0.2) is 20.5 Å². The lowest BCUT2D eigenvalue weighted by atomic mass is 10.1. The molecule has 0 spiro atoms. The molecule has 0 aliphatic heterocycles. The maximum atomic E-state index is 10.4. The monoisotopic (exact) mass is 214 g/mol. The number of nitrogens with two attached hydrogens (primary N) is 1. The van der Waals surface area contributed by atoms with Crippen LogP contribution in [0.4, 0.5) is 0 Å². The van der Waals surface area contributed by atoms with Gasteiger partial charge in [-0.3, -0.25) is 4.21 Å². The van der Waals surface area contributed by atoms with E-state index in [1.54, 1.807) is 24.3 Å². The summed E-state index contributed by atoms with van der Waals surface area (Å²) in [5.41, 5.74) is 7.09. The zero-order valence-corrected chi connectivity index (χ0v) is 8.37. The first-order valence-corrected chi connectivity index (χ1v) is 5.39. The second-order valence-corrected chi connectivity index (χ2v) is 3.87. The lowest BCUT2D eigenvalue weighted by Crippen LogP contribution is -2.14. The fourth-order valence-corrected chi connectivity index (χ4v) is 1.57. The Balaban J connectivity index is 2.73. The minimum Gasteiger partial charge on any atom is -0.772 e. The molecule has 1 unspecified atom stereocenters. The van der Waals surface area contributed by atoms with E-state index in [2.05, 4.69) is 0 Å². The van der Waals surface area contributed by atoms with Gasteiger partial charge in [-0.05, 0) is 11.1 Å². The first-order chi connectivity index (χ1) is 6.63. The van der Waals surface area contributed by atoms with Crippen LogP contribution in [-0.2, 0) is 16.8 Å². The molecule has 0 fully saturated rings. The second kappa shape index (κ2) is 5.21. The Morgan fingerprint density at radius 2 is 2.00 bits per heavy atom.